The summed E-state index contributed by atoms with van der Waals surface area (Å²) in [6.45, 7) is 2.40. The molecule has 0 amide bonds. The van der Waals surface area contributed by atoms with Gasteiger partial charge in [-0.05, 0) is 46.5 Å². The number of likely N-dealkylation sites (N-methyl/N-ethyl adjacent to an activating group) is 1. The lowest BCUT2D eigenvalue weighted by molar-refractivity contribution is -0.159. The van der Waals surface area contributed by atoms with E-state index in [9.17, 15) is 39.9 Å². The molecule has 5 N–H and O–H groups in total. The van der Waals surface area contributed by atoms with Crippen molar-refractivity contribution in [1.82, 2.24) is 4.90 Å². The maximum atomic E-state index is 13.7. The average Bonchev–Trinajstić information content (AvgIpc) is 2.69. The largest absolute Gasteiger partial charge is 0.508 e. The molecule has 1 fully saturated rings. The first-order valence-corrected chi connectivity index (χ1v) is 10.7. The van der Waals surface area contributed by atoms with Crippen molar-refractivity contribution in [2.45, 2.75) is 37.5 Å². The van der Waals surface area contributed by atoms with Crippen LogP contribution in [0.1, 0.15) is 31.4 Å². The molecule has 0 unspecified atom stereocenters. The molecule has 0 saturated heterocycles. The zero-order chi connectivity index (χ0) is 24.8. The molecular formula is C23H24ClNO8. The van der Waals surface area contributed by atoms with E-state index in [-0.39, 0.29) is 22.6 Å². The quantitative estimate of drug-likeness (QED) is 0.397. The first-order chi connectivity index (χ1) is 15.2. The van der Waals surface area contributed by atoms with E-state index in [1.54, 1.807) is 0 Å². The lowest BCUT2D eigenvalue weighted by Crippen LogP contribution is -2.66. The molecule has 9 nitrogen and oxygen atoms in total. The van der Waals surface area contributed by atoms with Crippen LogP contribution in [0.2, 0.25) is 5.02 Å². The Balaban J connectivity index is 2.07. The van der Waals surface area contributed by atoms with E-state index in [1.807, 2.05) is 0 Å². The van der Waals surface area contributed by atoms with E-state index in [2.05, 4.69) is 0 Å². The second-order valence-corrected chi connectivity index (χ2v) is 9.68. The molecule has 1 saturated carbocycles. The number of phenols is 1. The highest BCUT2D eigenvalue weighted by molar-refractivity contribution is 6.32. The third kappa shape index (κ3) is 2.80. The monoisotopic (exact) mass is 477 g/mol. The Labute approximate surface area is 194 Å². The summed E-state index contributed by atoms with van der Waals surface area (Å²) in [5.41, 5.74) is -5.96. The number of aromatic hydroxyl groups is 1. The van der Waals surface area contributed by atoms with Crippen LogP contribution in [0, 0.1) is 11.8 Å². The van der Waals surface area contributed by atoms with Gasteiger partial charge in [0.1, 0.15) is 22.8 Å². The fourth-order valence-electron chi connectivity index (χ4n) is 5.68. The van der Waals surface area contributed by atoms with E-state index < -0.39 is 74.8 Å². The van der Waals surface area contributed by atoms with Crippen molar-refractivity contribution in [3.05, 3.63) is 45.2 Å². The van der Waals surface area contributed by atoms with Crippen molar-refractivity contribution in [3.8, 4) is 5.75 Å². The standard InChI is InChI=1S/C23H24ClNO8/c1-8(26)13-19(29)17(25(3)4)10-7-9-14(21(31)23(10,33)20(13)30)18(28)15-12(27)6-5-11(24)16(15)22(9,2)32/h5-6,9-10,17,27-28,30,32-33H,7H2,1-4H3/t9-,10-,17-,22-,23+/m0/s1. The summed E-state index contributed by atoms with van der Waals surface area (Å²) < 4.78 is 0. The number of halogens is 1. The highest BCUT2D eigenvalue weighted by Gasteiger charge is 2.66. The molecule has 33 heavy (non-hydrogen) atoms. The fourth-order valence-corrected chi connectivity index (χ4v) is 6.03. The predicted octanol–water partition coefficient (Wildman–Crippen LogP) is 1.39. The Morgan fingerprint density at radius 3 is 2.30 bits per heavy atom. The van der Waals surface area contributed by atoms with E-state index in [0.29, 0.717) is 0 Å². The van der Waals surface area contributed by atoms with Crippen molar-refractivity contribution >= 4 is 34.7 Å². The van der Waals surface area contributed by atoms with Gasteiger partial charge in [0.2, 0.25) is 5.78 Å². The van der Waals surface area contributed by atoms with Crippen molar-refractivity contribution in [2.24, 2.45) is 11.8 Å². The van der Waals surface area contributed by atoms with Crippen molar-refractivity contribution in [1.29, 1.82) is 0 Å². The highest BCUT2D eigenvalue weighted by Crippen LogP contribution is 2.58. The Bertz CT molecular complexity index is 1200. The topological polar surface area (TPSA) is 156 Å². The van der Waals surface area contributed by atoms with Crippen LogP contribution < -0.4 is 0 Å². The van der Waals surface area contributed by atoms with Crippen LogP contribution in [0.15, 0.2) is 29.0 Å². The number of aliphatic hydroxyl groups is 4. The second-order valence-electron chi connectivity index (χ2n) is 9.27. The SMILES string of the molecule is CC(=O)C1=C(O)[C@@]2(O)C(=O)C3=C(O)c4c(O)ccc(Cl)c4[C@@](C)(O)[C@H]3C[C@H]2[C@H](N(C)C)C1=O. The van der Waals surface area contributed by atoms with E-state index >= 15 is 0 Å². The number of hydrogen-bond donors (Lipinski definition) is 5. The molecule has 10 heteroatoms. The summed E-state index contributed by atoms with van der Waals surface area (Å²) in [6, 6.07) is 1.35. The minimum Gasteiger partial charge on any atom is -0.508 e. The van der Waals surface area contributed by atoms with Gasteiger partial charge in [-0.3, -0.25) is 19.3 Å². The number of hydrogen-bond acceptors (Lipinski definition) is 9. The predicted molar refractivity (Wildman–Crippen MR) is 117 cm³/mol. The first-order valence-electron chi connectivity index (χ1n) is 10.3. The van der Waals surface area contributed by atoms with Gasteiger partial charge >= 0.3 is 0 Å². The molecule has 1 aromatic rings. The number of Topliss-reactive ketones (excluding diaryl/α,β-unsaturated/α-hetero) is 3. The van der Waals surface area contributed by atoms with Crippen LogP contribution in [0.25, 0.3) is 5.76 Å². The maximum Gasteiger partial charge on any atom is 0.202 e. The molecule has 0 aliphatic heterocycles. The van der Waals surface area contributed by atoms with Crippen LogP contribution in [0.4, 0.5) is 0 Å². The first kappa shape index (κ1) is 23.4. The summed E-state index contributed by atoms with van der Waals surface area (Å²) >= 11 is 6.29. The smallest absolute Gasteiger partial charge is 0.202 e. The van der Waals surface area contributed by atoms with E-state index in [0.717, 1.165) is 6.92 Å². The lowest BCUT2D eigenvalue weighted by Gasteiger charge is -2.53. The molecule has 0 aromatic heterocycles. The second kappa shape index (κ2) is 7.14. The van der Waals surface area contributed by atoms with E-state index in [4.69, 9.17) is 11.6 Å². The normalized spacial score (nSPS) is 33.8. The molecule has 5 atom stereocenters. The van der Waals surface area contributed by atoms with Gasteiger partial charge in [-0.15, -0.1) is 0 Å². The molecule has 0 heterocycles. The van der Waals surface area contributed by atoms with Crippen LogP contribution in [0.3, 0.4) is 0 Å². The van der Waals surface area contributed by atoms with Gasteiger partial charge < -0.3 is 25.5 Å². The molecule has 1 aromatic carbocycles. The maximum absolute atomic E-state index is 13.7. The van der Waals surface area contributed by atoms with Gasteiger partial charge in [-0.25, -0.2) is 0 Å². The summed E-state index contributed by atoms with van der Waals surface area (Å²) in [7, 11) is 3.05. The van der Waals surface area contributed by atoms with Gasteiger partial charge in [0.15, 0.2) is 17.2 Å². The Hall–Kier alpha value is -2.72. The minimum absolute atomic E-state index is 0.00128. The van der Waals surface area contributed by atoms with Crippen LogP contribution in [-0.4, -0.2) is 73.5 Å². The number of benzene rings is 1. The molecular weight excluding hydrogens is 454 g/mol. The molecule has 0 radical (unpaired) electrons. The van der Waals surface area contributed by atoms with Crippen molar-refractivity contribution in [3.63, 3.8) is 0 Å². The molecule has 0 spiro atoms. The van der Waals surface area contributed by atoms with Crippen LogP contribution >= 0.6 is 11.6 Å². The number of rotatable bonds is 2. The molecule has 3 aliphatic carbocycles. The van der Waals surface area contributed by atoms with Gasteiger partial charge in [0.05, 0.1) is 17.2 Å². The minimum atomic E-state index is -2.70. The van der Waals surface area contributed by atoms with Crippen LogP contribution in [-0.2, 0) is 20.0 Å². The Morgan fingerprint density at radius 1 is 1.15 bits per heavy atom. The van der Waals surface area contributed by atoms with Gasteiger partial charge in [-0.1, -0.05) is 11.6 Å². The number of fused-ring (bicyclic) bond motifs is 3. The molecule has 4 rings (SSSR count). The Morgan fingerprint density at radius 2 is 1.76 bits per heavy atom. The van der Waals surface area contributed by atoms with Gasteiger partial charge in [-0.2, -0.15) is 0 Å². The number of carbonyl (C=O) groups excluding carboxylic acids is 3. The fraction of sp³-hybridized carbons (Fsp3) is 0.435. The van der Waals surface area contributed by atoms with Crippen molar-refractivity contribution in [2.75, 3.05) is 14.1 Å². The third-order valence-electron chi connectivity index (χ3n) is 7.18. The average molecular weight is 478 g/mol. The zero-order valence-electron chi connectivity index (χ0n) is 18.4. The highest BCUT2D eigenvalue weighted by atomic mass is 35.5. The lowest BCUT2D eigenvalue weighted by atomic mass is 9.54. The third-order valence-corrected chi connectivity index (χ3v) is 7.49. The molecule has 3 aliphatic rings. The number of aliphatic hydroxyl groups excluding tert-OH is 2. The Kier molecular flexibility index (Phi) is 5.07. The van der Waals surface area contributed by atoms with Crippen molar-refractivity contribution < 1.29 is 39.9 Å². The van der Waals surface area contributed by atoms with E-state index in [1.165, 1.54) is 38.1 Å². The van der Waals surface area contributed by atoms with Gasteiger partial charge in [0.25, 0.3) is 0 Å². The van der Waals surface area contributed by atoms with Gasteiger partial charge in [0, 0.05) is 28.0 Å². The van der Waals surface area contributed by atoms with Crippen LogP contribution in [0.5, 0.6) is 5.75 Å². The summed E-state index contributed by atoms with van der Waals surface area (Å²) in [5, 5.41) is 55.4. The summed E-state index contributed by atoms with van der Waals surface area (Å²) in [6.07, 6.45) is -0.218. The number of carbonyl (C=O) groups is 3. The number of phenolic OH excluding ortho intramolecular Hbond substituents is 1. The molecule has 0 bridgehead atoms. The zero-order valence-corrected chi connectivity index (χ0v) is 19.1. The summed E-state index contributed by atoms with van der Waals surface area (Å²) in [4.78, 5) is 40.5. The summed E-state index contributed by atoms with van der Waals surface area (Å²) in [5.74, 6) is -7.35. The number of nitrogens with zero attached hydrogens (tertiary/aromatic N) is 1. The number of ketones is 3. The molecule has 176 valence electrons.